The Kier molecular flexibility index (Phi) is 5.22. The lowest BCUT2D eigenvalue weighted by Gasteiger charge is -2.31. The Balaban J connectivity index is 2.54. The molecule has 1 heterocycles. The number of halogens is 3. The van der Waals surface area contributed by atoms with Crippen LogP contribution in [0.15, 0.2) is 0 Å². The van der Waals surface area contributed by atoms with Gasteiger partial charge in [0, 0.05) is 24.5 Å². The molecule has 0 amide bonds. The van der Waals surface area contributed by atoms with Crippen molar-refractivity contribution >= 4 is 0 Å². The van der Waals surface area contributed by atoms with Crippen molar-refractivity contribution < 1.29 is 17.9 Å². The Morgan fingerprint density at radius 1 is 1.35 bits per heavy atom. The largest absolute Gasteiger partial charge is 0.401 e. The van der Waals surface area contributed by atoms with Gasteiger partial charge in [-0.25, -0.2) is 0 Å². The summed E-state index contributed by atoms with van der Waals surface area (Å²) in [7, 11) is 1.82. The van der Waals surface area contributed by atoms with E-state index < -0.39 is 12.7 Å². The highest BCUT2D eigenvalue weighted by Gasteiger charge is 2.35. The Morgan fingerprint density at radius 2 is 2.00 bits per heavy atom. The van der Waals surface area contributed by atoms with Crippen LogP contribution < -0.4 is 5.32 Å². The second-order valence-electron chi connectivity index (χ2n) is 4.83. The summed E-state index contributed by atoms with van der Waals surface area (Å²) in [4.78, 5) is 1.46. The highest BCUT2D eigenvalue weighted by atomic mass is 19.4. The Morgan fingerprint density at radius 3 is 2.47 bits per heavy atom. The zero-order valence-corrected chi connectivity index (χ0v) is 10.5. The molecule has 0 aromatic rings. The van der Waals surface area contributed by atoms with Crippen LogP contribution in [0, 0.1) is 5.92 Å². The maximum Gasteiger partial charge on any atom is 0.401 e. The molecular formula is C11H21F3N2O. The summed E-state index contributed by atoms with van der Waals surface area (Å²) in [6, 6.07) is 0.0409. The fraction of sp³-hybridized carbons (Fsp3) is 1.00. The van der Waals surface area contributed by atoms with Crippen molar-refractivity contribution in [1.82, 2.24) is 10.2 Å². The molecule has 0 radical (unpaired) electrons. The number of alkyl halides is 3. The number of ether oxygens (including phenoxy) is 1. The van der Waals surface area contributed by atoms with Crippen LogP contribution in [0.3, 0.4) is 0 Å². The average molecular weight is 254 g/mol. The molecule has 0 bridgehead atoms. The van der Waals surface area contributed by atoms with Crippen LogP contribution in [0.1, 0.15) is 13.8 Å². The van der Waals surface area contributed by atoms with Crippen LogP contribution >= 0.6 is 0 Å². The van der Waals surface area contributed by atoms with Crippen molar-refractivity contribution in [2.45, 2.75) is 32.1 Å². The van der Waals surface area contributed by atoms with E-state index in [1.807, 2.05) is 7.05 Å². The van der Waals surface area contributed by atoms with Crippen molar-refractivity contribution in [3.63, 3.8) is 0 Å². The van der Waals surface area contributed by atoms with Gasteiger partial charge in [0.1, 0.15) is 0 Å². The van der Waals surface area contributed by atoms with E-state index in [4.69, 9.17) is 4.74 Å². The first-order valence-electron chi connectivity index (χ1n) is 5.89. The van der Waals surface area contributed by atoms with Gasteiger partial charge >= 0.3 is 6.18 Å². The van der Waals surface area contributed by atoms with Crippen LogP contribution in [0.25, 0.3) is 0 Å². The molecule has 1 saturated heterocycles. The van der Waals surface area contributed by atoms with Crippen LogP contribution in [0.4, 0.5) is 13.2 Å². The molecule has 6 heteroatoms. The van der Waals surface area contributed by atoms with Gasteiger partial charge in [0.05, 0.1) is 19.8 Å². The third-order valence-corrected chi connectivity index (χ3v) is 3.15. The second kappa shape index (κ2) is 6.02. The third kappa shape index (κ3) is 4.81. The lowest BCUT2D eigenvalue weighted by atomic mass is 10.0. The van der Waals surface area contributed by atoms with Crippen LogP contribution in [0.2, 0.25) is 0 Å². The highest BCUT2D eigenvalue weighted by molar-refractivity contribution is 4.84. The normalized spacial score (nSPS) is 26.1. The molecule has 102 valence electrons. The molecule has 1 aliphatic heterocycles. The maximum atomic E-state index is 12.4. The first-order chi connectivity index (χ1) is 7.83. The molecule has 2 unspecified atom stereocenters. The fourth-order valence-electron chi connectivity index (χ4n) is 2.09. The number of rotatable bonds is 5. The number of likely N-dealkylation sites (N-methyl/N-ethyl adjacent to an activating group) is 1. The minimum Gasteiger partial charge on any atom is -0.379 e. The minimum atomic E-state index is -4.14. The van der Waals surface area contributed by atoms with Crippen LogP contribution in [-0.4, -0.2) is 56.5 Å². The fourth-order valence-corrected chi connectivity index (χ4v) is 2.09. The Hall–Kier alpha value is -0.330. The molecule has 0 spiro atoms. The first kappa shape index (κ1) is 14.7. The molecule has 2 atom stereocenters. The molecule has 0 aromatic carbocycles. The standard InChI is InChI=1S/C11H21F3N2O/c1-8(2)16(7-11(12,13)14)4-9-5-17-6-10(9)15-3/h8-10,15H,4-7H2,1-3H3. The summed E-state index contributed by atoms with van der Waals surface area (Å²) in [6.45, 7) is 4.26. The summed E-state index contributed by atoms with van der Waals surface area (Å²) in [5.74, 6) is 0.129. The van der Waals surface area contributed by atoms with E-state index in [-0.39, 0.29) is 18.0 Å². The SMILES string of the molecule is CNC1COCC1CN(CC(F)(F)F)C(C)C. The van der Waals surface area contributed by atoms with E-state index >= 15 is 0 Å². The van der Waals surface area contributed by atoms with E-state index in [2.05, 4.69) is 5.32 Å². The molecule has 1 aliphatic rings. The lowest BCUT2D eigenvalue weighted by molar-refractivity contribution is -0.151. The summed E-state index contributed by atoms with van der Waals surface area (Å²) < 4.78 is 42.6. The Labute approximate surface area is 100 Å². The smallest absolute Gasteiger partial charge is 0.379 e. The molecule has 17 heavy (non-hydrogen) atoms. The summed E-state index contributed by atoms with van der Waals surface area (Å²) in [5.41, 5.74) is 0. The molecule has 0 aliphatic carbocycles. The number of nitrogens with zero attached hydrogens (tertiary/aromatic N) is 1. The predicted molar refractivity (Wildman–Crippen MR) is 59.9 cm³/mol. The van der Waals surface area contributed by atoms with E-state index in [1.54, 1.807) is 13.8 Å². The summed E-state index contributed by atoms with van der Waals surface area (Å²) in [6.07, 6.45) is -4.14. The molecule has 0 saturated carbocycles. The van der Waals surface area contributed by atoms with Gasteiger partial charge in [-0.2, -0.15) is 13.2 Å². The van der Waals surface area contributed by atoms with Gasteiger partial charge in [0.15, 0.2) is 0 Å². The topological polar surface area (TPSA) is 24.5 Å². The van der Waals surface area contributed by atoms with Gasteiger partial charge in [-0.15, -0.1) is 0 Å². The van der Waals surface area contributed by atoms with Gasteiger partial charge in [-0.1, -0.05) is 0 Å². The number of hydrogen-bond donors (Lipinski definition) is 1. The molecule has 1 N–H and O–H groups in total. The molecular weight excluding hydrogens is 233 g/mol. The van der Waals surface area contributed by atoms with Crippen LogP contribution in [0.5, 0.6) is 0 Å². The molecule has 0 aromatic heterocycles. The quantitative estimate of drug-likeness (QED) is 0.804. The van der Waals surface area contributed by atoms with Crippen molar-refractivity contribution in [3.05, 3.63) is 0 Å². The van der Waals surface area contributed by atoms with Crippen molar-refractivity contribution in [1.29, 1.82) is 0 Å². The number of nitrogens with one attached hydrogen (secondary N) is 1. The Bertz CT molecular complexity index is 233. The van der Waals surface area contributed by atoms with Gasteiger partial charge in [0.2, 0.25) is 0 Å². The average Bonchev–Trinajstić information content (AvgIpc) is 2.62. The summed E-state index contributed by atoms with van der Waals surface area (Å²) >= 11 is 0. The molecule has 3 nitrogen and oxygen atoms in total. The monoisotopic (exact) mass is 254 g/mol. The van der Waals surface area contributed by atoms with Gasteiger partial charge in [-0.05, 0) is 20.9 Å². The van der Waals surface area contributed by atoms with Gasteiger partial charge in [0.25, 0.3) is 0 Å². The van der Waals surface area contributed by atoms with E-state index in [1.165, 1.54) is 4.90 Å². The first-order valence-corrected chi connectivity index (χ1v) is 5.89. The van der Waals surface area contributed by atoms with Crippen molar-refractivity contribution in [2.75, 3.05) is 33.4 Å². The molecule has 1 fully saturated rings. The molecule has 1 rings (SSSR count). The number of hydrogen-bond acceptors (Lipinski definition) is 3. The van der Waals surface area contributed by atoms with Gasteiger partial charge < -0.3 is 10.1 Å². The zero-order valence-electron chi connectivity index (χ0n) is 10.5. The maximum absolute atomic E-state index is 12.4. The van der Waals surface area contributed by atoms with E-state index in [0.717, 1.165) is 0 Å². The van der Waals surface area contributed by atoms with E-state index in [0.29, 0.717) is 19.8 Å². The predicted octanol–water partition coefficient (Wildman–Crippen LogP) is 1.49. The second-order valence-corrected chi connectivity index (χ2v) is 4.83. The highest BCUT2D eigenvalue weighted by Crippen LogP contribution is 2.21. The zero-order chi connectivity index (χ0) is 13.1. The van der Waals surface area contributed by atoms with Crippen LogP contribution in [-0.2, 0) is 4.74 Å². The van der Waals surface area contributed by atoms with E-state index in [9.17, 15) is 13.2 Å². The summed E-state index contributed by atoms with van der Waals surface area (Å²) in [5, 5.41) is 3.09. The lowest BCUT2D eigenvalue weighted by Crippen LogP contribution is -2.46. The van der Waals surface area contributed by atoms with Crippen molar-refractivity contribution in [3.8, 4) is 0 Å². The third-order valence-electron chi connectivity index (χ3n) is 3.15. The minimum absolute atomic E-state index is 0.116. The van der Waals surface area contributed by atoms with Crippen molar-refractivity contribution in [2.24, 2.45) is 5.92 Å². The van der Waals surface area contributed by atoms with Gasteiger partial charge in [-0.3, -0.25) is 4.90 Å².